The molecule has 0 bridgehead atoms. The molecule has 2 aromatic rings. The van der Waals surface area contributed by atoms with Crippen LogP contribution in [0.25, 0.3) is 0 Å². The first-order valence-corrected chi connectivity index (χ1v) is 8.61. The second-order valence-corrected chi connectivity index (χ2v) is 7.69. The number of anilines is 1. The summed E-state index contributed by atoms with van der Waals surface area (Å²) in [7, 11) is 0. The van der Waals surface area contributed by atoms with Crippen molar-refractivity contribution in [3.8, 4) is 0 Å². The van der Waals surface area contributed by atoms with Crippen molar-refractivity contribution in [2.45, 2.75) is 40.0 Å². The largest absolute Gasteiger partial charge is 0.357 e. The van der Waals surface area contributed by atoms with Gasteiger partial charge in [-0.25, -0.2) is 4.98 Å². The minimum absolute atomic E-state index is 0.424. The second kappa shape index (κ2) is 6.69. The molecule has 1 fully saturated rings. The Labute approximate surface area is 139 Å². The molecule has 1 aliphatic heterocycles. The molecular weight excluding hydrogens is 282 g/mol. The Hall–Kier alpha value is -1.90. The van der Waals surface area contributed by atoms with Crippen molar-refractivity contribution in [3.05, 3.63) is 54.0 Å². The third-order valence-electron chi connectivity index (χ3n) is 4.98. The summed E-state index contributed by atoms with van der Waals surface area (Å²) in [6.45, 7) is 9.32. The van der Waals surface area contributed by atoms with Crippen molar-refractivity contribution in [3.63, 3.8) is 0 Å². The van der Waals surface area contributed by atoms with E-state index in [1.807, 2.05) is 24.7 Å². The molecular formula is C20H27N3. The molecule has 2 aromatic heterocycles. The van der Waals surface area contributed by atoms with E-state index < -0.39 is 0 Å². The van der Waals surface area contributed by atoms with Crippen LogP contribution in [-0.2, 0) is 6.42 Å². The van der Waals surface area contributed by atoms with Gasteiger partial charge in [0.25, 0.3) is 0 Å². The number of hydrogen-bond donors (Lipinski definition) is 0. The zero-order valence-electron chi connectivity index (χ0n) is 14.5. The Kier molecular flexibility index (Phi) is 4.65. The van der Waals surface area contributed by atoms with Gasteiger partial charge in [0.05, 0.1) is 0 Å². The Morgan fingerprint density at radius 3 is 2.35 bits per heavy atom. The normalized spacial score (nSPS) is 16.6. The van der Waals surface area contributed by atoms with Crippen molar-refractivity contribution < 1.29 is 0 Å². The molecule has 0 saturated carbocycles. The highest BCUT2D eigenvalue weighted by molar-refractivity contribution is 5.40. The van der Waals surface area contributed by atoms with Crippen LogP contribution >= 0.6 is 0 Å². The van der Waals surface area contributed by atoms with Crippen LogP contribution in [0.3, 0.4) is 0 Å². The van der Waals surface area contributed by atoms with E-state index in [0.29, 0.717) is 5.41 Å². The first-order chi connectivity index (χ1) is 11.0. The lowest BCUT2D eigenvalue weighted by molar-refractivity contribution is 0.198. The molecule has 3 rings (SSSR count). The lowest BCUT2D eigenvalue weighted by atomic mass is 9.75. The lowest BCUT2D eigenvalue weighted by Crippen LogP contribution is -2.38. The predicted molar refractivity (Wildman–Crippen MR) is 95.7 cm³/mol. The van der Waals surface area contributed by atoms with Gasteiger partial charge in [-0.15, -0.1) is 0 Å². The molecule has 3 heterocycles. The van der Waals surface area contributed by atoms with Crippen molar-refractivity contribution in [1.29, 1.82) is 0 Å². The fraction of sp³-hybridized carbons (Fsp3) is 0.500. The van der Waals surface area contributed by atoms with Crippen LogP contribution < -0.4 is 4.90 Å². The van der Waals surface area contributed by atoms with E-state index in [1.165, 1.54) is 24.0 Å². The van der Waals surface area contributed by atoms with Gasteiger partial charge in [0.15, 0.2) is 0 Å². The molecule has 122 valence electrons. The first kappa shape index (κ1) is 16.0. The van der Waals surface area contributed by atoms with E-state index >= 15 is 0 Å². The van der Waals surface area contributed by atoms with Gasteiger partial charge in [-0.3, -0.25) is 4.98 Å². The molecule has 1 aliphatic rings. The average molecular weight is 309 g/mol. The fourth-order valence-corrected chi connectivity index (χ4v) is 3.42. The molecule has 0 aromatic carbocycles. The third kappa shape index (κ3) is 4.10. The van der Waals surface area contributed by atoms with Crippen LogP contribution in [0.15, 0.2) is 42.9 Å². The van der Waals surface area contributed by atoms with Crippen LogP contribution in [0.4, 0.5) is 5.82 Å². The van der Waals surface area contributed by atoms with Gasteiger partial charge in [0.2, 0.25) is 0 Å². The summed E-state index contributed by atoms with van der Waals surface area (Å²) in [6, 6.07) is 8.46. The van der Waals surface area contributed by atoms with E-state index in [2.05, 4.69) is 48.9 Å². The number of rotatable bonds is 3. The van der Waals surface area contributed by atoms with E-state index in [9.17, 15) is 0 Å². The van der Waals surface area contributed by atoms with Crippen LogP contribution in [-0.4, -0.2) is 23.1 Å². The zero-order chi connectivity index (χ0) is 16.3. The molecule has 0 unspecified atom stereocenters. The van der Waals surface area contributed by atoms with Gasteiger partial charge >= 0.3 is 0 Å². The monoisotopic (exact) mass is 309 g/mol. The summed E-state index contributed by atoms with van der Waals surface area (Å²) < 4.78 is 0. The Morgan fingerprint density at radius 2 is 1.78 bits per heavy atom. The molecule has 23 heavy (non-hydrogen) atoms. The summed E-state index contributed by atoms with van der Waals surface area (Å²) in [5.41, 5.74) is 2.90. The number of hydrogen-bond acceptors (Lipinski definition) is 3. The minimum atomic E-state index is 0.424. The summed E-state index contributed by atoms with van der Waals surface area (Å²) >= 11 is 0. The number of aromatic nitrogens is 2. The van der Waals surface area contributed by atoms with Gasteiger partial charge in [0, 0.05) is 38.1 Å². The van der Waals surface area contributed by atoms with Gasteiger partial charge in [0.1, 0.15) is 5.82 Å². The molecule has 0 N–H and O–H groups in total. The predicted octanol–water partition coefficient (Wildman–Crippen LogP) is 4.33. The maximum atomic E-state index is 4.69. The van der Waals surface area contributed by atoms with E-state index in [1.54, 1.807) is 0 Å². The Bertz CT molecular complexity index is 606. The number of pyridine rings is 2. The third-order valence-corrected chi connectivity index (χ3v) is 4.98. The van der Waals surface area contributed by atoms with Gasteiger partial charge in [-0.1, -0.05) is 32.9 Å². The average Bonchev–Trinajstić information content (AvgIpc) is 2.56. The molecule has 0 spiro atoms. The summed E-state index contributed by atoms with van der Waals surface area (Å²) in [5.74, 6) is 1.94. The Morgan fingerprint density at radius 1 is 1.04 bits per heavy atom. The van der Waals surface area contributed by atoms with E-state index in [0.717, 1.165) is 31.2 Å². The van der Waals surface area contributed by atoms with Crippen molar-refractivity contribution in [2.24, 2.45) is 11.3 Å². The second-order valence-electron chi connectivity index (χ2n) is 7.69. The summed E-state index contributed by atoms with van der Waals surface area (Å²) in [6.07, 6.45) is 9.17. The Balaban J connectivity index is 1.60. The topological polar surface area (TPSA) is 29.0 Å². The SMILES string of the molecule is CC(C)(C)C1CCN(c2ccc(Cc3cccnc3)cn2)CC1. The van der Waals surface area contributed by atoms with Crippen molar-refractivity contribution in [2.75, 3.05) is 18.0 Å². The van der Waals surface area contributed by atoms with Crippen molar-refractivity contribution in [1.82, 2.24) is 9.97 Å². The summed E-state index contributed by atoms with van der Waals surface area (Å²) in [5, 5.41) is 0. The first-order valence-electron chi connectivity index (χ1n) is 8.61. The molecule has 3 nitrogen and oxygen atoms in total. The highest BCUT2D eigenvalue weighted by Crippen LogP contribution is 2.35. The highest BCUT2D eigenvalue weighted by atomic mass is 15.2. The molecule has 1 saturated heterocycles. The minimum Gasteiger partial charge on any atom is -0.357 e. The molecule has 3 heteroatoms. The number of nitrogens with zero attached hydrogens (tertiary/aromatic N) is 3. The molecule has 0 aliphatic carbocycles. The molecule has 0 amide bonds. The number of piperidine rings is 1. The van der Waals surface area contributed by atoms with Gasteiger partial charge in [-0.2, -0.15) is 0 Å². The van der Waals surface area contributed by atoms with Crippen molar-refractivity contribution >= 4 is 5.82 Å². The van der Waals surface area contributed by atoms with Crippen LogP contribution in [0.2, 0.25) is 0 Å². The maximum absolute atomic E-state index is 4.69. The quantitative estimate of drug-likeness (QED) is 0.845. The van der Waals surface area contributed by atoms with Crippen LogP contribution in [0.1, 0.15) is 44.7 Å². The molecule has 0 atom stereocenters. The standard InChI is InChI=1S/C20H27N3/c1-20(2,3)18-8-11-23(12-9-18)19-7-6-17(15-22-19)13-16-5-4-10-21-14-16/h4-7,10,14-15,18H,8-9,11-13H2,1-3H3. The highest BCUT2D eigenvalue weighted by Gasteiger charge is 2.29. The van der Waals surface area contributed by atoms with E-state index in [4.69, 9.17) is 4.98 Å². The fourth-order valence-electron chi connectivity index (χ4n) is 3.42. The van der Waals surface area contributed by atoms with E-state index in [-0.39, 0.29) is 0 Å². The summed E-state index contributed by atoms with van der Waals surface area (Å²) in [4.78, 5) is 11.3. The maximum Gasteiger partial charge on any atom is 0.128 e. The van der Waals surface area contributed by atoms with Gasteiger partial charge < -0.3 is 4.90 Å². The zero-order valence-corrected chi connectivity index (χ0v) is 14.5. The molecule has 0 radical (unpaired) electrons. The van der Waals surface area contributed by atoms with Crippen LogP contribution in [0, 0.1) is 11.3 Å². The smallest absolute Gasteiger partial charge is 0.128 e. The lowest BCUT2D eigenvalue weighted by Gasteiger charge is -2.39. The van der Waals surface area contributed by atoms with Gasteiger partial charge in [-0.05, 0) is 47.4 Å². The van der Waals surface area contributed by atoms with Crippen LogP contribution in [0.5, 0.6) is 0 Å².